The molecule has 1 heterocycles. The number of rotatable bonds is 6. The summed E-state index contributed by atoms with van der Waals surface area (Å²) in [6.07, 6.45) is 0.849. The number of benzene rings is 3. The van der Waals surface area contributed by atoms with Crippen molar-refractivity contribution in [3.63, 3.8) is 0 Å². The van der Waals surface area contributed by atoms with Crippen molar-refractivity contribution in [3.05, 3.63) is 95.3 Å². The van der Waals surface area contributed by atoms with E-state index in [0.29, 0.717) is 25.3 Å². The normalized spacial score (nSPS) is 15.9. The van der Waals surface area contributed by atoms with E-state index in [9.17, 15) is 9.18 Å². The van der Waals surface area contributed by atoms with Gasteiger partial charge in [0.15, 0.2) is 0 Å². The first-order valence-corrected chi connectivity index (χ1v) is 13.0. The Morgan fingerprint density at radius 3 is 2.29 bits per heavy atom. The minimum atomic E-state index is -0.537. The molecule has 4 rings (SSSR count). The Morgan fingerprint density at radius 2 is 1.68 bits per heavy atom. The van der Waals surface area contributed by atoms with Crippen LogP contribution >= 0.6 is 0 Å². The maximum absolute atomic E-state index is 14.6. The second-order valence-electron chi connectivity index (χ2n) is 11.0. The van der Waals surface area contributed by atoms with Crippen molar-refractivity contribution in [2.45, 2.75) is 57.7 Å². The van der Waals surface area contributed by atoms with Crippen molar-refractivity contribution < 1.29 is 18.7 Å². The summed E-state index contributed by atoms with van der Waals surface area (Å²) >= 11 is 0. The summed E-state index contributed by atoms with van der Waals surface area (Å²) in [5.41, 5.74) is 3.26. The molecule has 5 nitrogen and oxygen atoms in total. The van der Waals surface area contributed by atoms with E-state index in [1.807, 2.05) is 64.1 Å². The minimum Gasteiger partial charge on any atom is -0.444 e. The van der Waals surface area contributed by atoms with Gasteiger partial charge in [-0.15, -0.1) is 0 Å². The smallest absolute Gasteiger partial charge is 0.410 e. The number of likely N-dealkylation sites (tertiary alicyclic amines) is 1. The molecule has 3 aromatic rings. The topological polar surface area (TPSA) is 62.6 Å². The predicted molar refractivity (Wildman–Crippen MR) is 146 cm³/mol. The molecule has 0 radical (unpaired) electrons. The number of nitrogens with zero attached hydrogens (tertiary/aromatic N) is 2. The lowest BCUT2D eigenvalue weighted by atomic mass is 9.73. The highest BCUT2D eigenvalue weighted by atomic mass is 19.1. The van der Waals surface area contributed by atoms with Gasteiger partial charge in [-0.1, -0.05) is 42.5 Å². The standard InChI is InChI=1S/C32H35FN2O3/c1-23(26-18-27(20-29(33)19-26)25-12-10-24(21-34)11-13-25)37-22-32(28-8-6-5-7-9-28)14-16-35(17-15-32)30(36)38-31(2,3)4/h5-13,18-20,23H,14-17,22H2,1-4H3/t23-/m0/s1. The lowest BCUT2D eigenvalue weighted by Crippen LogP contribution is -2.48. The number of carbonyl (C=O) groups excluding carboxylic acids is 1. The first kappa shape index (κ1) is 27.3. The van der Waals surface area contributed by atoms with Crippen LogP contribution in [0, 0.1) is 17.1 Å². The molecule has 1 aliphatic rings. The highest BCUT2D eigenvalue weighted by Crippen LogP contribution is 2.38. The molecule has 1 atom stereocenters. The van der Waals surface area contributed by atoms with E-state index in [-0.39, 0.29) is 23.4 Å². The predicted octanol–water partition coefficient (Wildman–Crippen LogP) is 7.41. The lowest BCUT2D eigenvalue weighted by molar-refractivity contribution is -0.00964. The number of halogens is 1. The van der Waals surface area contributed by atoms with Crippen molar-refractivity contribution in [3.8, 4) is 17.2 Å². The van der Waals surface area contributed by atoms with Gasteiger partial charge in [-0.05, 0) is 93.1 Å². The van der Waals surface area contributed by atoms with Crippen molar-refractivity contribution >= 4 is 6.09 Å². The average Bonchev–Trinajstić information content (AvgIpc) is 2.91. The third kappa shape index (κ3) is 6.59. The molecule has 0 unspecified atom stereocenters. The van der Waals surface area contributed by atoms with Crippen LogP contribution in [0.25, 0.3) is 11.1 Å². The van der Waals surface area contributed by atoms with Gasteiger partial charge in [-0.25, -0.2) is 9.18 Å². The van der Waals surface area contributed by atoms with E-state index in [2.05, 4.69) is 18.2 Å². The third-order valence-electron chi connectivity index (χ3n) is 7.10. The maximum Gasteiger partial charge on any atom is 0.410 e. The monoisotopic (exact) mass is 514 g/mol. The number of nitriles is 1. The Bertz CT molecular complexity index is 1290. The Labute approximate surface area is 224 Å². The summed E-state index contributed by atoms with van der Waals surface area (Å²) in [4.78, 5) is 14.4. The van der Waals surface area contributed by atoms with Gasteiger partial charge in [0.05, 0.1) is 24.3 Å². The second-order valence-corrected chi connectivity index (χ2v) is 11.0. The van der Waals surface area contributed by atoms with E-state index >= 15 is 0 Å². The van der Waals surface area contributed by atoms with Crippen molar-refractivity contribution in [2.24, 2.45) is 0 Å². The van der Waals surface area contributed by atoms with E-state index in [1.165, 1.54) is 17.7 Å². The van der Waals surface area contributed by atoms with Gasteiger partial charge >= 0.3 is 6.09 Å². The summed E-state index contributed by atoms with van der Waals surface area (Å²) in [7, 11) is 0. The highest BCUT2D eigenvalue weighted by Gasteiger charge is 2.39. The number of amides is 1. The minimum absolute atomic E-state index is 0.267. The largest absolute Gasteiger partial charge is 0.444 e. The molecule has 1 fully saturated rings. The molecule has 198 valence electrons. The first-order valence-electron chi connectivity index (χ1n) is 13.0. The molecule has 1 aliphatic heterocycles. The van der Waals surface area contributed by atoms with Crippen LogP contribution in [-0.4, -0.2) is 36.3 Å². The quantitative estimate of drug-likeness (QED) is 0.344. The Hall–Kier alpha value is -3.69. The molecular weight excluding hydrogens is 479 g/mol. The van der Waals surface area contributed by atoms with Gasteiger partial charge in [-0.3, -0.25) is 0 Å². The molecule has 0 aromatic heterocycles. The summed E-state index contributed by atoms with van der Waals surface area (Å²) in [6.45, 7) is 9.15. The molecule has 3 aromatic carbocycles. The van der Waals surface area contributed by atoms with E-state index in [1.54, 1.807) is 17.0 Å². The van der Waals surface area contributed by atoms with Crippen LogP contribution in [0.1, 0.15) is 63.3 Å². The maximum atomic E-state index is 14.6. The van der Waals surface area contributed by atoms with Gasteiger partial charge in [-0.2, -0.15) is 5.26 Å². The first-order chi connectivity index (χ1) is 18.1. The van der Waals surface area contributed by atoms with E-state index in [0.717, 1.165) is 29.5 Å². The van der Waals surface area contributed by atoms with Crippen LogP contribution < -0.4 is 0 Å². The molecule has 0 saturated carbocycles. The molecule has 1 amide bonds. The zero-order valence-electron chi connectivity index (χ0n) is 22.5. The number of carbonyl (C=O) groups is 1. The van der Waals surface area contributed by atoms with Gasteiger partial charge in [0.2, 0.25) is 0 Å². The molecule has 0 spiro atoms. The van der Waals surface area contributed by atoms with Crippen LogP contribution in [0.4, 0.5) is 9.18 Å². The molecule has 38 heavy (non-hydrogen) atoms. The summed E-state index contributed by atoms with van der Waals surface area (Å²) in [5, 5.41) is 9.06. The molecule has 0 bridgehead atoms. The van der Waals surface area contributed by atoms with E-state index < -0.39 is 5.60 Å². The summed E-state index contributed by atoms with van der Waals surface area (Å²) in [6, 6.07) is 24.4. The average molecular weight is 515 g/mol. The fourth-order valence-corrected chi connectivity index (χ4v) is 4.88. The van der Waals surface area contributed by atoms with Gasteiger partial charge in [0.1, 0.15) is 11.4 Å². The SMILES string of the molecule is C[C@H](OCC1(c2ccccc2)CCN(C(=O)OC(C)(C)C)CC1)c1cc(F)cc(-c2ccc(C#N)cc2)c1. The van der Waals surface area contributed by atoms with Crippen molar-refractivity contribution in [1.29, 1.82) is 5.26 Å². The second kappa shape index (κ2) is 11.4. The molecular formula is C32H35FN2O3. The summed E-state index contributed by atoms with van der Waals surface area (Å²) < 4.78 is 26.7. The molecule has 0 aliphatic carbocycles. The summed E-state index contributed by atoms with van der Waals surface area (Å²) in [5.74, 6) is -0.333. The fourth-order valence-electron chi connectivity index (χ4n) is 4.88. The zero-order valence-corrected chi connectivity index (χ0v) is 22.5. The molecule has 6 heteroatoms. The Kier molecular flexibility index (Phi) is 8.18. The van der Waals surface area contributed by atoms with Crippen molar-refractivity contribution in [2.75, 3.05) is 19.7 Å². The van der Waals surface area contributed by atoms with Gasteiger partial charge in [0, 0.05) is 18.5 Å². The zero-order chi connectivity index (χ0) is 27.3. The van der Waals surface area contributed by atoms with Gasteiger partial charge < -0.3 is 14.4 Å². The number of hydrogen-bond acceptors (Lipinski definition) is 4. The van der Waals surface area contributed by atoms with Crippen LogP contribution in [0.2, 0.25) is 0 Å². The van der Waals surface area contributed by atoms with Crippen LogP contribution in [0.5, 0.6) is 0 Å². The van der Waals surface area contributed by atoms with Gasteiger partial charge in [0.25, 0.3) is 0 Å². The van der Waals surface area contributed by atoms with Crippen LogP contribution in [-0.2, 0) is 14.9 Å². The number of ether oxygens (including phenoxy) is 2. The molecule has 0 N–H and O–H groups in total. The van der Waals surface area contributed by atoms with Crippen LogP contribution in [0.3, 0.4) is 0 Å². The van der Waals surface area contributed by atoms with Crippen molar-refractivity contribution in [1.82, 2.24) is 4.90 Å². The van der Waals surface area contributed by atoms with Crippen LogP contribution in [0.15, 0.2) is 72.8 Å². The lowest BCUT2D eigenvalue weighted by Gasteiger charge is -2.42. The number of hydrogen-bond donors (Lipinski definition) is 0. The number of piperidine rings is 1. The Morgan fingerprint density at radius 1 is 1.03 bits per heavy atom. The Balaban J connectivity index is 1.50. The third-order valence-corrected chi connectivity index (χ3v) is 7.10. The fraction of sp³-hybridized carbons (Fsp3) is 0.375. The van der Waals surface area contributed by atoms with E-state index in [4.69, 9.17) is 14.7 Å². The molecule has 1 saturated heterocycles. The highest BCUT2D eigenvalue weighted by molar-refractivity contribution is 5.68.